The average Bonchev–Trinajstić information content (AvgIpc) is 3.04. The summed E-state index contributed by atoms with van der Waals surface area (Å²) in [7, 11) is 0. The van der Waals surface area contributed by atoms with Gasteiger partial charge in [-0.1, -0.05) is 25.1 Å². The Hall–Kier alpha value is -1.39. The van der Waals surface area contributed by atoms with Crippen LogP contribution >= 0.6 is 11.3 Å². The Bertz CT molecular complexity index is 525. The molecule has 100 valence electrons. The molecule has 2 aromatic rings. The Balaban J connectivity index is 1.47. The van der Waals surface area contributed by atoms with Crippen molar-refractivity contribution in [2.24, 2.45) is 0 Å². The summed E-state index contributed by atoms with van der Waals surface area (Å²) < 4.78 is 0. The number of anilines is 1. The van der Waals surface area contributed by atoms with E-state index in [2.05, 4.69) is 46.8 Å². The molecule has 0 saturated carbocycles. The highest BCUT2D eigenvalue weighted by atomic mass is 32.1. The van der Waals surface area contributed by atoms with Crippen LogP contribution < -0.4 is 10.6 Å². The summed E-state index contributed by atoms with van der Waals surface area (Å²) in [6.45, 7) is 4.03. The molecule has 2 N–H and O–H groups in total. The van der Waals surface area contributed by atoms with Crippen LogP contribution in [0.4, 0.5) is 5.69 Å². The predicted molar refractivity (Wildman–Crippen MR) is 80.8 cm³/mol. The van der Waals surface area contributed by atoms with Crippen molar-refractivity contribution in [2.75, 3.05) is 11.9 Å². The molecule has 0 saturated heterocycles. The molecule has 1 aliphatic rings. The number of nitrogens with one attached hydrogen (secondary N) is 2. The number of aromatic nitrogens is 1. The number of benzene rings is 1. The molecule has 2 heterocycles. The van der Waals surface area contributed by atoms with Crippen LogP contribution in [0.5, 0.6) is 0 Å². The van der Waals surface area contributed by atoms with Crippen molar-refractivity contribution in [2.45, 2.75) is 32.4 Å². The van der Waals surface area contributed by atoms with Crippen LogP contribution in [0, 0.1) is 0 Å². The maximum atomic E-state index is 4.43. The first kappa shape index (κ1) is 12.6. The van der Waals surface area contributed by atoms with Gasteiger partial charge in [-0.3, -0.25) is 0 Å². The fourth-order valence-electron chi connectivity index (χ4n) is 2.45. The van der Waals surface area contributed by atoms with E-state index in [9.17, 15) is 0 Å². The van der Waals surface area contributed by atoms with Gasteiger partial charge in [-0.05, 0) is 24.5 Å². The molecule has 3 rings (SSSR count). The van der Waals surface area contributed by atoms with E-state index >= 15 is 0 Å². The number of thiazole rings is 1. The summed E-state index contributed by atoms with van der Waals surface area (Å²) in [4.78, 5) is 5.79. The van der Waals surface area contributed by atoms with Crippen LogP contribution in [0.25, 0.3) is 0 Å². The van der Waals surface area contributed by atoms with Crippen molar-refractivity contribution in [3.8, 4) is 0 Å². The predicted octanol–water partition coefficient (Wildman–Crippen LogP) is 2.83. The smallest absolute Gasteiger partial charge is 0.107 e. The minimum Gasteiger partial charge on any atom is -0.380 e. The van der Waals surface area contributed by atoms with Gasteiger partial charge >= 0.3 is 0 Å². The van der Waals surface area contributed by atoms with Gasteiger partial charge in [0.05, 0.1) is 0 Å². The van der Waals surface area contributed by atoms with Gasteiger partial charge in [-0.25, -0.2) is 4.98 Å². The minimum atomic E-state index is 0.503. The van der Waals surface area contributed by atoms with Crippen LogP contribution in [-0.4, -0.2) is 17.6 Å². The standard InChI is InChI=1S/C15H19N3S/c1-2-13-9-17-15(19-13)10-16-8-12-7-11-5-3-4-6-14(11)18-12/h3-6,9,12,16,18H,2,7-8,10H2,1H3. The summed E-state index contributed by atoms with van der Waals surface area (Å²) in [6.07, 6.45) is 4.18. The monoisotopic (exact) mass is 273 g/mol. The molecule has 0 fully saturated rings. The Morgan fingerprint density at radius 2 is 2.32 bits per heavy atom. The zero-order chi connectivity index (χ0) is 13.1. The van der Waals surface area contributed by atoms with Crippen LogP contribution in [0.1, 0.15) is 22.4 Å². The van der Waals surface area contributed by atoms with E-state index in [1.54, 1.807) is 0 Å². The highest BCUT2D eigenvalue weighted by molar-refractivity contribution is 7.11. The largest absolute Gasteiger partial charge is 0.380 e. The number of hydrogen-bond donors (Lipinski definition) is 2. The lowest BCUT2D eigenvalue weighted by Crippen LogP contribution is -2.30. The van der Waals surface area contributed by atoms with E-state index in [1.165, 1.54) is 21.1 Å². The highest BCUT2D eigenvalue weighted by Gasteiger charge is 2.19. The molecule has 3 nitrogen and oxygen atoms in total. The molecule has 0 radical (unpaired) electrons. The maximum Gasteiger partial charge on any atom is 0.107 e. The molecular weight excluding hydrogens is 254 g/mol. The van der Waals surface area contributed by atoms with Crippen LogP contribution in [0.15, 0.2) is 30.5 Å². The molecule has 0 amide bonds. The second kappa shape index (κ2) is 5.72. The lowest BCUT2D eigenvalue weighted by atomic mass is 10.1. The van der Waals surface area contributed by atoms with Gasteiger partial charge in [-0.2, -0.15) is 0 Å². The lowest BCUT2D eigenvalue weighted by Gasteiger charge is -2.11. The number of hydrogen-bond acceptors (Lipinski definition) is 4. The molecular formula is C15H19N3S. The first-order valence-corrected chi connectivity index (χ1v) is 7.65. The average molecular weight is 273 g/mol. The van der Waals surface area contributed by atoms with Crippen molar-refractivity contribution in [3.63, 3.8) is 0 Å². The lowest BCUT2D eigenvalue weighted by molar-refractivity contribution is 0.613. The third-order valence-electron chi connectivity index (χ3n) is 3.46. The molecule has 0 bridgehead atoms. The number of aryl methyl sites for hydroxylation is 1. The quantitative estimate of drug-likeness (QED) is 0.879. The second-order valence-corrected chi connectivity index (χ2v) is 6.11. The molecule has 1 aliphatic heterocycles. The van der Waals surface area contributed by atoms with Gasteiger partial charge in [0.25, 0.3) is 0 Å². The van der Waals surface area contributed by atoms with E-state index in [4.69, 9.17) is 0 Å². The van der Waals surface area contributed by atoms with Crippen LogP contribution in [-0.2, 0) is 19.4 Å². The first-order chi connectivity index (χ1) is 9.35. The zero-order valence-electron chi connectivity index (χ0n) is 11.1. The van der Waals surface area contributed by atoms with Crippen molar-refractivity contribution >= 4 is 17.0 Å². The molecule has 4 heteroatoms. The first-order valence-electron chi connectivity index (χ1n) is 6.84. The fraction of sp³-hybridized carbons (Fsp3) is 0.400. The summed E-state index contributed by atoms with van der Waals surface area (Å²) in [5.74, 6) is 0. The SMILES string of the molecule is CCc1cnc(CNCC2Cc3ccccc3N2)s1. The van der Waals surface area contributed by atoms with Crippen molar-refractivity contribution in [1.29, 1.82) is 0 Å². The summed E-state index contributed by atoms with van der Waals surface area (Å²) in [5.41, 5.74) is 2.72. The zero-order valence-corrected chi connectivity index (χ0v) is 12.0. The van der Waals surface area contributed by atoms with E-state index in [-0.39, 0.29) is 0 Å². The molecule has 1 aromatic heterocycles. The summed E-state index contributed by atoms with van der Waals surface area (Å²) in [5, 5.41) is 8.25. The normalized spacial score (nSPS) is 17.2. The summed E-state index contributed by atoms with van der Waals surface area (Å²) in [6, 6.07) is 9.06. The van der Waals surface area contributed by atoms with E-state index < -0.39 is 0 Å². The fourth-order valence-corrected chi connectivity index (χ4v) is 3.28. The highest BCUT2D eigenvalue weighted by Crippen LogP contribution is 2.24. The van der Waals surface area contributed by atoms with Crippen LogP contribution in [0.3, 0.4) is 0 Å². The summed E-state index contributed by atoms with van der Waals surface area (Å²) >= 11 is 1.81. The minimum absolute atomic E-state index is 0.503. The van der Waals surface area contributed by atoms with Gasteiger partial charge < -0.3 is 10.6 Å². The van der Waals surface area contributed by atoms with Crippen LogP contribution in [0.2, 0.25) is 0 Å². The number of para-hydroxylation sites is 1. The topological polar surface area (TPSA) is 37.0 Å². The third kappa shape index (κ3) is 2.96. The van der Waals surface area contributed by atoms with Gasteiger partial charge in [0.1, 0.15) is 5.01 Å². The number of rotatable bonds is 5. The molecule has 19 heavy (non-hydrogen) atoms. The third-order valence-corrected chi connectivity index (χ3v) is 4.60. The molecule has 1 aromatic carbocycles. The Morgan fingerprint density at radius 3 is 3.11 bits per heavy atom. The van der Waals surface area contributed by atoms with Gasteiger partial charge in [-0.15, -0.1) is 11.3 Å². The second-order valence-electron chi connectivity index (χ2n) is 4.91. The van der Waals surface area contributed by atoms with Gasteiger partial charge in [0.15, 0.2) is 0 Å². The van der Waals surface area contributed by atoms with Crippen molar-refractivity contribution < 1.29 is 0 Å². The Labute approximate surface area is 118 Å². The molecule has 0 aliphatic carbocycles. The van der Waals surface area contributed by atoms with Gasteiger partial charge in [0.2, 0.25) is 0 Å². The van der Waals surface area contributed by atoms with Crippen molar-refractivity contribution in [1.82, 2.24) is 10.3 Å². The maximum absolute atomic E-state index is 4.43. The molecule has 0 spiro atoms. The Kier molecular flexibility index (Phi) is 3.80. The van der Waals surface area contributed by atoms with E-state index in [1.807, 2.05) is 17.5 Å². The molecule has 1 atom stereocenters. The Morgan fingerprint density at radius 1 is 1.42 bits per heavy atom. The van der Waals surface area contributed by atoms with Gasteiger partial charge in [0, 0.05) is 35.9 Å². The molecule has 1 unspecified atom stereocenters. The van der Waals surface area contributed by atoms with E-state index in [0.29, 0.717) is 6.04 Å². The number of nitrogens with zero attached hydrogens (tertiary/aromatic N) is 1. The van der Waals surface area contributed by atoms with Crippen molar-refractivity contribution in [3.05, 3.63) is 45.9 Å². The number of fused-ring (bicyclic) bond motifs is 1. The van der Waals surface area contributed by atoms with E-state index in [0.717, 1.165) is 25.9 Å².